The molecule has 0 aliphatic carbocycles. The molecule has 9 heteroatoms. The lowest BCUT2D eigenvalue weighted by Crippen LogP contribution is -2.51. The maximum atomic E-state index is 11.4. The van der Waals surface area contributed by atoms with Gasteiger partial charge in [0, 0.05) is 39.2 Å². The van der Waals surface area contributed by atoms with E-state index in [9.17, 15) is 19.2 Å². The van der Waals surface area contributed by atoms with Crippen LogP contribution in [0.2, 0.25) is 0 Å². The first-order chi connectivity index (χ1) is 10.7. The number of hydrogen-bond donors (Lipinski definition) is 0. The maximum Gasteiger partial charge on any atom is 0.303 e. The smallest absolute Gasteiger partial charge is 0.303 e. The molecule has 130 valence electrons. The van der Waals surface area contributed by atoms with Gasteiger partial charge in [-0.25, -0.2) is 0 Å². The molecule has 1 saturated heterocycles. The maximum absolute atomic E-state index is 11.4. The number of carbonyl (C=O) groups excluding carboxylic acids is 4. The first kappa shape index (κ1) is 19.3. The predicted octanol–water partition coefficient (Wildman–Crippen LogP) is 0.460. The van der Waals surface area contributed by atoms with Crippen LogP contribution in [0, 0.1) is 0 Å². The van der Waals surface area contributed by atoms with Crippen LogP contribution in [-0.4, -0.2) is 59.8 Å². The largest absolute Gasteiger partial charge is 0.458 e. The Labute approximate surface area is 138 Å². The van der Waals surface area contributed by atoms with E-state index in [-0.39, 0.29) is 0 Å². The molecule has 0 aromatic heterocycles. The Kier molecular flexibility index (Phi) is 7.34. The van der Waals surface area contributed by atoms with Crippen LogP contribution in [0.4, 0.5) is 0 Å². The third-order valence-corrected chi connectivity index (χ3v) is 3.99. The van der Waals surface area contributed by atoms with E-state index in [0.717, 1.165) is 0 Å². The number of hydrogen-bond acceptors (Lipinski definition) is 9. The van der Waals surface area contributed by atoms with Crippen molar-refractivity contribution >= 4 is 35.6 Å². The summed E-state index contributed by atoms with van der Waals surface area (Å²) in [6, 6.07) is 0. The van der Waals surface area contributed by atoms with Crippen molar-refractivity contribution in [2.24, 2.45) is 0 Å². The second kappa shape index (κ2) is 8.76. The van der Waals surface area contributed by atoms with E-state index >= 15 is 0 Å². The van der Waals surface area contributed by atoms with Gasteiger partial charge in [-0.1, -0.05) is 0 Å². The minimum Gasteiger partial charge on any atom is -0.458 e. The molecule has 0 N–H and O–H groups in total. The molecular formula is C14H20O8S. The normalized spacial score (nSPS) is 27.3. The molecule has 1 fully saturated rings. The fourth-order valence-electron chi connectivity index (χ4n) is 2.21. The van der Waals surface area contributed by atoms with Crippen LogP contribution in [0.3, 0.4) is 0 Å². The fraction of sp³-hybridized carbons (Fsp3) is 0.714. The Morgan fingerprint density at radius 2 is 0.957 bits per heavy atom. The fourth-order valence-corrected chi connectivity index (χ4v) is 3.33. The lowest BCUT2D eigenvalue weighted by molar-refractivity contribution is -0.193. The molecule has 1 aliphatic rings. The van der Waals surface area contributed by atoms with Crippen LogP contribution < -0.4 is 0 Å². The van der Waals surface area contributed by atoms with Crippen molar-refractivity contribution in [2.75, 3.05) is 11.5 Å². The summed E-state index contributed by atoms with van der Waals surface area (Å²) in [4.78, 5) is 45.4. The molecule has 0 aromatic rings. The molecule has 1 heterocycles. The Balaban J connectivity index is 3.13. The monoisotopic (exact) mass is 348 g/mol. The van der Waals surface area contributed by atoms with E-state index in [4.69, 9.17) is 18.9 Å². The van der Waals surface area contributed by atoms with E-state index in [2.05, 4.69) is 0 Å². The highest BCUT2D eigenvalue weighted by Gasteiger charge is 2.45. The molecule has 23 heavy (non-hydrogen) atoms. The van der Waals surface area contributed by atoms with Gasteiger partial charge in [0.25, 0.3) is 0 Å². The molecule has 0 amide bonds. The van der Waals surface area contributed by atoms with Crippen molar-refractivity contribution < 1.29 is 38.1 Å². The summed E-state index contributed by atoms with van der Waals surface area (Å²) in [7, 11) is 0. The molecule has 1 aliphatic heterocycles. The predicted molar refractivity (Wildman–Crippen MR) is 79.5 cm³/mol. The average molecular weight is 348 g/mol. The lowest BCUT2D eigenvalue weighted by atomic mass is 10.0. The lowest BCUT2D eigenvalue weighted by Gasteiger charge is -2.32. The van der Waals surface area contributed by atoms with Crippen molar-refractivity contribution in [3.63, 3.8) is 0 Å². The van der Waals surface area contributed by atoms with Gasteiger partial charge in [-0.3, -0.25) is 19.2 Å². The quantitative estimate of drug-likeness (QED) is 0.529. The van der Waals surface area contributed by atoms with E-state index < -0.39 is 48.3 Å². The van der Waals surface area contributed by atoms with Crippen LogP contribution in [0.5, 0.6) is 0 Å². The number of thioether (sulfide) groups is 1. The van der Waals surface area contributed by atoms with Gasteiger partial charge in [0.1, 0.15) is 0 Å². The molecule has 0 saturated carbocycles. The zero-order valence-electron chi connectivity index (χ0n) is 13.4. The Hall–Kier alpha value is -1.77. The van der Waals surface area contributed by atoms with Gasteiger partial charge >= 0.3 is 23.9 Å². The molecule has 0 spiro atoms. The molecule has 0 aromatic carbocycles. The minimum atomic E-state index is -1.06. The molecule has 0 radical (unpaired) electrons. The van der Waals surface area contributed by atoms with Crippen molar-refractivity contribution in [1.29, 1.82) is 0 Å². The Morgan fingerprint density at radius 3 is 1.22 bits per heavy atom. The summed E-state index contributed by atoms with van der Waals surface area (Å²) in [6.07, 6.45) is -3.74. The van der Waals surface area contributed by atoms with Crippen LogP contribution in [0.1, 0.15) is 27.7 Å². The van der Waals surface area contributed by atoms with Crippen molar-refractivity contribution in [3.05, 3.63) is 0 Å². The van der Waals surface area contributed by atoms with Gasteiger partial charge in [-0.15, -0.1) is 0 Å². The molecule has 8 nitrogen and oxygen atoms in total. The SMILES string of the molecule is CC(=O)O[C@H]1[C@H](OC(C)=O)[C@H](OC(C)=O)CSC[C@H]1OC(C)=O. The van der Waals surface area contributed by atoms with Crippen LogP contribution in [0.25, 0.3) is 0 Å². The van der Waals surface area contributed by atoms with Gasteiger partial charge in [-0.05, 0) is 0 Å². The zero-order valence-corrected chi connectivity index (χ0v) is 14.2. The molecule has 0 unspecified atom stereocenters. The standard InChI is InChI=1S/C14H20O8S/c1-7(15)19-11-5-23-6-12(20-8(2)16)14(22-10(4)18)13(11)21-9(3)17/h11-14H,5-6H2,1-4H3/t11-,12-,13-,14-/m1/s1. The van der Waals surface area contributed by atoms with Gasteiger partial charge in [0.15, 0.2) is 24.4 Å². The van der Waals surface area contributed by atoms with Crippen LogP contribution in [-0.2, 0) is 38.1 Å². The van der Waals surface area contributed by atoms with Crippen molar-refractivity contribution in [1.82, 2.24) is 0 Å². The topological polar surface area (TPSA) is 105 Å². The molecule has 0 bridgehead atoms. The van der Waals surface area contributed by atoms with Gasteiger partial charge < -0.3 is 18.9 Å². The van der Waals surface area contributed by atoms with E-state index in [0.29, 0.717) is 11.5 Å². The zero-order chi connectivity index (χ0) is 17.6. The highest BCUT2D eigenvalue weighted by atomic mass is 32.2. The second-order valence-corrected chi connectivity index (χ2v) is 6.06. The Morgan fingerprint density at radius 1 is 0.652 bits per heavy atom. The van der Waals surface area contributed by atoms with E-state index in [1.54, 1.807) is 0 Å². The highest BCUT2D eigenvalue weighted by Crippen LogP contribution is 2.28. The summed E-state index contributed by atoms with van der Waals surface area (Å²) < 4.78 is 20.8. The third-order valence-electron chi connectivity index (χ3n) is 2.86. The number of esters is 4. The van der Waals surface area contributed by atoms with Crippen LogP contribution in [0.15, 0.2) is 0 Å². The summed E-state index contributed by atoms with van der Waals surface area (Å²) in [5.74, 6) is -1.74. The van der Waals surface area contributed by atoms with Gasteiger partial charge in [-0.2, -0.15) is 11.8 Å². The highest BCUT2D eigenvalue weighted by molar-refractivity contribution is 7.99. The first-order valence-electron chi connectivity index (χ1n) is 6.97. The number of carbonyl (C=O) groups is 4. The first-order valence-corrected chi connectivity index (χ1v) is 8.12. The van der Waals surface area contributed by atoms with E-state index in [1.165, 1.54) is 39.5 Å². The Bertz CT molecular complexity index is 435. The van der Waals surface area contributed by atoms with Crippen molar-refractivity contribution in [3.8, 4) is 0 Å². The average Bonchev–Trinajstić information content (AvgIpc) is 2.51. The van der Waals surface area contributed by atoms with Crippen molar-refractivity contribution in [2.45, 2.75) is 52.1 Å². The molecule has 1 rings (SSSR count). The number of rotatable bonds is 4. The minimum absolute atomic E-state index is 0.313. The molecule has 4 atom stereocenters. The molecular weight excluding hydrogens is 328 g/mol. The van der Waals surface area contributed by atoms with Gasteiger partial charge in [0.05, 0.1) is 0 Å². The summed E-state index contributed by atoms with van der Waals surface area (Å²) in [5, 5.41) is 0. The van der Waals surface area contributed by atoms with E-state index in [1.807, 2.05) is 0 Å². The summed E-state index contributed by atoms with van der Waals surface area (Å²) in [6.45, 7) is 4.83. The van der Waals surface area contributed by atoms with Crippen LogP contribution >= 0.6 is 11.8 Å². The van der Waals surface area contributed by atoms with Gasteiger partial charge in [0.2, 0.25) is 0 Å². The third kappa shape index (κ3) is 6.47. The summed E-state index contributed by atoms with van der Waals surface area (Å²) >= 11 is 1.34. The number of ether oxygens (including phenoxy) is 4. The summed E-state index contributed by atoms with van der Waals surface area (Å²) in [5.41, 5.74) is 0. The second-order valence-electron chi connectivity index (χ2n) is 4.98.